The first kappa shape index (κ1) is 28.4. The second kappa shape index (κ2) is 11.7. The number of nitrogens with zero attached hydrogens (tertiary/aromatic N) is 3. The number of nitrogen functional groups attached to an aromatic ring is 3. The molecule has 0 saturated carbocycles. The Labute approximate surface area is 222 Å². The number of anilines is 3. The van der Waals surface area contributed by atoms with Crippen molar-refractivity contribution in [1.29, 1.82) is 0 Å². The lowest BCUT2D eigenvalue weighted by atomic mass is 9.80. The van der Waals surface area contributed by atoms with Gasteiger partial charge in [-0.25, -0.2) is 15.0 Å². The van der Waals surface area contributed by atoms with Gasteiger partial charge in [-0.3, -0.25) is 0 Å². The highest BCUT2D eigenvalue weighted by Gasteiger charge is 2.52. The smallest absolute Gasteiger partial charge is 0.399 e. The van der Waals surface area contributed by atoms with Crippen LogP contribution in [0.4, 0.5) is 17.5 Å². The van der Waals surface area contributed by atoms with Gasteiger partial charge in [0.1, 0.15) is 17.5 Å². The molecule has 0 radical (unpaired) electrons. The molecule has 0 bridgehead atoms. The molecule has 4 heterocycles. The Morgan fingerprint density at radius 3 is 1.71 bits per heavy atom. The van der Waals surface area contributed by atoms with Crippen molar-refractivity contribution in [2.24, 2.45) is 0 Å². The van der Waals surface area contributed by atoms with Crippen LogP contribution in [0, 0.1) is 0 Å². The maximum Gasteiger partial charge on any atom is 0.497 e. The zero-order chi connectivity index (χ0) is 25.7. The summed E-state index contributed by atoms with van der Waals surface area (Å²) < 4.78 is 12.5. The normalized spacial score (nSPS) is 15.6. The molecule has 13 heteroatoms. The van der Waals surface area contributed by atoms with Crippen LogP contribution in [0.3, 0.4) is 0 Å². The van der Waals surface area contributed by atoms with E-state index in [1.807, 2.05) is 27.7 Å². The molecule has 6 N–H and O–H groups in total. The lowest BCUT2D eigenvalue weighted by Gasteiger charge is -2.32. The maximum atomic E-state index is 6.12. The standard InChI is InChI=1S/C11H16BClN2O2.C5H4BrClN2.C5H5ClN2/c1-10(2)11(3,4)17-12(16-10)7-6-15-9(14)5-8(7)13;6-3-2-9-5(8)1-4(3)7;6-4-1-2-8-5(7)3-4/h5-6H,1-4H3,(H2,14,15);1-2H,(H2,8,9);1-3H,(H2,7,8). The largest absolute Gasteiger partial charge is 0.497 e. The third-order valence-corrected chi connectivity index (χ3v) is 6.72. The van der Waals surface area contributed by atoms with Gasteiger partial charge in [-0.15, -0.1) is 0 Å². The molecule has 1 aliphatic rings. The van der Waals surface area contributed by atoms with Gasteiger partial charge in [-0.2, -0.15) is 0 Å². The summed E-state index contributed by atoms with van der Waals surface area (Å²) in [5, 5.41) is 1.72. The van der Waals surface area contributed by atoms with Crippen molar-refractivity contribution in [3.05, 3.63) is 62.4 Å². The highest BCUT2D eigenvalue weighted by atomic mass is 79.9. The molecule has 3 aromatic rings. The van der Waals surface area contributed by atoms with Gasteiger partial charge in [0.15, 0.2) is 0 Å². The Morgan fingerprint density at radius 1 is 0.794 bits per heavy atom. The van der Waals surface area contributed by atoms with E-state index in [0.29, 0.717) is 38.0 Å². The first-order chi connectivity index (χ1) is 15.7. The summed E-state index contributed by atoms with van der Waals surface area (Å²) in [6.07, 6.45) is 4.73. The van der Waals surface area contributed by atoms with E-state index in [4.69, 9.17) is 61.3 Å². The molecule has 0 aliphatic carbocycles. The van der Waals surface area contributed by atoms with Gasteiger partial charge < -0.3 is 26.5 Å². The Kier molecular flexibility index (Phi) is 9.82. The van der Waals surface area contributed by atoms with Crippen molar-refractivity contribution in [3.8, 4) is 0 Å². The molecule has 182 valence electrons. The number of hydrogen-bond donors (Lipinski definition) is 3. The van der Waals surface area contributed by atoms with E-state index in [2.05, 4.69) is 30.9 Å². The molecule has 0 unspecified atom stereocenters. The summed E-state index contributed by atoms with van der Waals surface area (Å²) in [5.74, 6) is 1.27. The van der Waals surface area contributed by atoms with E-state index < -0.39 is 7.12 Å². The topological polar surface area (TPSA) is 135 Å². The number of aromatic nitrogens is 3. The zero-order valence-corrected chi connectivity index (χ0v) is 22.9. The minimum atomic E-state index is -0.499. The van der Waals surface area contributed by atoms with Crippen molar-refractivity contribution in [2.45, 2.75) is 38.9 Å². The summed E-state index contributed by atoms with van der Waals surface area (Å²) in [5.41, 5.74) is 16.1. The van der Waals surface area contributed by atoms with Crippen LogP contribution in [-0.4, -0.2) is 33.3 Å². The quantitative estimate of drug-likeness (QED) is 0.337. The van der Waals surface area contributed by atoms with Crippen LogP contribution in [0.5, 0.6) is 0 Å². The van der Waals surface area contributed by atoms with Crippen molar-refractivity contribution >= 4 is 80.8 Å². The van der Waals surface area contributed by atoms with Crippen molar-refractivity contribution < 1.29 is 9.31 Å². The monoisotopic (exact) mass is 588 g/mol. The van der Waals surface area contributed by atoms with E-state index >= 15 is 0 Å². The minimum Gasteiger partial charge on any atom is -0.399 e. The molecule has 1 fully saturated rings. The lowest BCUT2D eigenvalue weighted by Crippen LogP contribution is -2.41. The molecule has 1 saturated heterocycles. The zero-order valence-electron chi connectivity index (χ0n) is 19.0. The highest BCUT2D eigenvalue weighted by molar-refractivity contribution is 9.10. The van der Waals surface area contributed by atoms with E-state index in [1.165, 1.54) is 0 Å². The van der Waals surface area contributed by atoms with Gasteiger partial charge in [-0.1, -0.05) is 34.8 Å². The molecule has 0 amide bonds. The van der Waals surface area contributed by atoms with Crippen LogP contribution < -0.4 is 22.7 Å². The van der Waals surface area contributed by atoms with Crippen LogP contribution in [-0.2, 0) is 9.31 Å². The third-order valence-electron chi connectivity index (χ3n) is 4.98. The molecule has 8 nitrogen and oxygen atoms in total. The lowest BCUT2D eigenvalue weighted by molar-refractivity contribution is 0.00578. The van der Waals surface area contributed by atoms with Crippen molar-refractivity contribution in [3.63, 3.8) is 0 Å². The average molecular weight is 591 g/mol. The maximum absolute atomic E-state index is 6.12. The Balaban J connectivity index is 0.000000201. The fourth-order valence-electron chi connectivity index (χ4n) is 2.45. The van der Waals surface area contributed by atoms with Gasteiger partial charge in [-0.05, 0) is 61.8 Å². The number of nitrogens with two attached hydrogens (primary N) is 3. The third kappa shape index (κ3) is 7.86. The summed E-state index contributed by atoms with van der Waals surface area (Å²) in [6, 6.07) is 6.47. The summed E-state index contributed by atoms with van der Waals surface area (Å²) in [4.78, 5) is 11.5. The van der Waals surface area contributed by atoms with Gasteiger partial charge >= 0.3 is 7.12 Å². The van der Waals surface area contributed by atoms with Gasteiger partial charge in [0.2, 0.25) is 0 Å². The summed E-state index contributed by atoms with van der Waals surface area (Å²) in [7, 11) is -0.499. The Hall–Kier alpha value is -1.82. The van der Waals surface area contributed by atoms with Gasteiger partial charge in [0, 0.05) is 40.2 Å². The average Bonchev–Trinajstić information content (AvgIpc) is 2.93. The second-order valence-electron chi connectivity index (χ2n) is 8.14. The number of pyridine rings is 3. The summed E-state index contributed by atoms with van der Waals surface area (Å²) >= 11 is 20.5. The van der Waals surface area contributed by atoms with E-state index in [9.17, 15) is 0 Å². The van der Waals surface area contributed by atoms with Crippen LogP contribution in [0.2, 0.25) is 15.1 Å². The first-order valence-corrected chi connectivity index (χ1v) is 11.8. The molecule has 0 spiro atoms. The summed E-state index contributed by atoms with van der Waals surface area (Å²) in [6.45, 7) is 7.97. The predicted octanol–water partition coefficient (Wildman–Crippen LogP) is 5.01. The van der Waals surface area contributed by atoms with E-state index in [0.717, 1.165) is 4.47 Å². The predicted molar refractivity (Wildman–Crippen MR) is 144 cm³/mol. The van der Waals surface area contributed by atoms with Crippen molar-refractivity contribution in [2.75, 3.05) is 17.2 Å². The second-order valence-corrected chi connectivity index (χ2v) is 10.2. The first-order valence-electron chi connectivity index (χ1n) is 9.92. The highest BCUT2D eigenvalue weighted by Crippen LogP contribution is 2.37. The van der Waals surface area contributed by atoms with Gasteiger partial charge in [0.25, 0.3) is 0 Å². The van der Waals surface area contributed by atoms with Crippen LogP contribution in [0.15, 0.2) is 47.3 Å². The SMILES string of the molecule is CC1(C)OB(c2cnc(N)cc2Cl)OC1(C)C.Nc1cc(Cl)c(Br)cn1.Nc1cc(Cl)ccn1. The Morgan fingerprint density at radius 2 is 1.29 bits per heavy atom. The molecule has 34 heavy (non-hydrogen) atoms. The number of hydrogen-bond acceptors (Lipinski definition) is 8. The fraction of sp³-hybridized carbons (Fsp3) is 0.286. The van der Waals surface area contributed by atoms with E-state index in [-0.39, 0.29) is 11.2 Å². The fourth-order valence-corrected chi connectivity index (χ4v) is 3.24. The molecule has 4 rings (SSSR count). The molecular formula is C21H25BBrCl3N6O2. The molecular weight excluding hydrogens is 565 g/mol. The molecule has 3 aromatic heterocycles. The molecule has 0 aromatic carbocycles. The van der Waals surface area contributed by atoms with Gasteiger partial charge in [0.05, 0.1) is 20.7 Å². The van der Waals surface area contributed by atoms with Crippen LogP contribution in [0.25, 0.3) is 0 Å². The van der Waals surface area contributed by atoms with E-state index in [1.54, 1.807) is 42.9 Å². The Bertz CT molecular complexity index is 1110. The minimum absolute atomic E-state index is 0.385. The van der Waals surface area contributed by atoms with Crippen LogP contribution >= 0.6 is 50.7 Å². The molecule has 0 atom stereocenters. The number of rotatable bonds is 1. The van der Waals surface area contributed by atoms with Crippen molar-refractivity contribution in [1.82, 2.24) is 15.0 Å². The van der Waals surface area contributed by atoms with Crippen LogP contribution in [0.1, 0.15) is 27.7 Å². The molecule has 1 aliphatic heterocycles. The number of halogens is 4.